The number of benzene rings is 3. The number of halogens is 1. The molecule has 0 saturated heterocycles. The maximum absolute atomic E-state index is 13.1. The van der Waals surface area contributed by atoms with Gasteiger partial charge in [-0.15, -0.1) is 0 Å². The average molecular weight is 363 g/mol. The molecule has 1 N–H and O–H groups in total. The Morgan fingerprint density at radius 1 is 0.962 bits per heavy atom. The first-order valence-corrected chi connectivity index (χ1v) is 8.94. The molecule has 0 bridgehead atoms. The van der Waals surface area contributed by atoms with Crippen molar-refractivity contribution < 1.29 is 4.79 Å². The minimum atomic E-state index is -0.263. The topological polar surface area (TPSA) is 32.3 Å². The Hall–Kier alpha value is -2.78. The molecule has 130 valence electrons. The Bertz CT molecular complexity index is 982. The molecule has 1 atom stereocenters. The third-order valence-corrected chi connectivity index (χ3v) is 4.99. The Labute approximate surface area is 158 Å². The molecule has 0 unspecified atom stereocenters. The van der Waals surface area contributed by atoms with Gasteiger partial charge >= 0.3 is 0 Å². The number of carbonyl (C=O) groups is 1. The maximum Gasteiger partial charge on any atom is 0.260 e. The molecule has 1 aliphatic rings. The second kappa shape index (κ2) is 6.50. The number of carbonyl (C=O) groups excluding carboxylic acids is 1. The van der Waals surface area contributed by atoms with Gasteiger partial charge in [0.15, 0.2) is 0 Å². The van der Waals surface area contributed by atoms with E-state index >= 15 is 0 Å². The SMILES string of the molecule is Cc1ccc(N[C@@H]2c3ccccc3C(=O)N2c2ccc(Cl)cc2)c(C)c1. The van der Waals surface area contributed by atoms with Crippen molar-refractivity contribution in [3.05, 3.63) is 94.0 Å². The minimum absolute atomic E-state index is 0.00909. The van der Waals surface area contributed by atoms with Gasteiger partial charge in [-0.3, -0.25) is 9.69 Å². The lowest BCUT2D eigenvalue weighted by Crippen LogP contribution is -2.32. The molecule has 26 heavy (non-hydrogen) atoms. The summed E-state index contributed by atoms with van der Waals surface area (Å²) in [5.41, 5.74) is 5.91. The van der Waals surface area contributed by atoms with Crippen LogP contribution in [0.5, 0.6) is 0 Å². The number of nitrogens with zero attached hydrogens (tertiary/aromatic N) is 1. The molecule has 0 radical (unpaired) electrons. The molecular formula is C22H19ClN2O. The van der Waals surface area contributed by atoms with Crippen LogP contribution in [-0.4, -0.2) is 5.91 Å². The number of rotatable bonds is 3. The molecule has 1 heterocycles. The molecule has 3 nitrogen and oxygen atoms in total. The van der Waals surface area contributed by atoms with Crippen molar-refractivity contribution in [2.75, 3.05) is 10.2 Å². The predicted molar refractivity (Wildman–Crippen MR) is 107 cm³/mol. The molecule has 0 fully saturated rings. The van der Waals surface area contributed by atoms with Crippen LogP contribution >= 0.6 is 11.6 Å². The van der Waals surface area contributed by atoms with E-state index < -0.39 is 0 Å². The van der Waals surface area contributed by atoms with Gasteiger partial charge in [0, 0.05) is 27.5 Å². The van der Waals surface area contributed by atoms with Crippen LogP contribution in [0.1, 0.15) is 33.2 Å². The van der Waals surface area contributed by atoms with E-state index in [9.17, 15) is 4.79 Å². The van der Waals surface area contributed by atoms with Gasteiger partial charge < -0.3 is 5.32 Å². The van der Waals surface area contributed by atoms with Crippen molar-refractivity contribution in [3.63, 3.8) is 0 Å². The van der Waals surface area contributed by atoms with Gasteiger partial charge in [-0.05, 0) is 55.8 Å². The van der Waals surface area contributed by atoms with Gasteiger partial charge in [-0.1, -0.05) is 47.5 Å². The minimum Gasteiger partial charge on any atom is -0.361 e. The molecule has 4 rings (SSSR count). The van der Waals surface area contributed by atoms with E-state index in [0.29, 0.717) is 5.02 Å². The molecular weight excluding hydrogens is 344 g/mol. The molecule has 0 aromatic heterocycles. The second-order valence-electron chi connectivity index (χ2n) is 6.60. The third kappa shape index (κ3) is 2.85. The van der Waals surface area contributed by atoms with Crippen molar-refractivity contribution in [1.29, 1.82) is 0 Å². The van der Waals surface area contributed by atoms with Crippen LogP contribution in [0.25, 0.3) is 0 Å². The largest absolute Gasteiger partial charge is 0.361 e. The quantitative estimate of drug-likeness (QED) is 0.645. The molecule has 0 aliphatic carbocycles. The normalized spacial score (nSPS) is 15.9. The van der Waals surface area contributed by atoms with Gasteiger partial charge in [0.1, 0.15) is 6.17 Å². The second-order valence-corrected chi connectivity index (χ2v) is 7.04. The maximum atomic E-state index is 13.1. The zero-order chi connectivity index (χ0) is 18.3. The van der Waals surface area contributed by atoms with Crippen LogP contribution in [0, 0.1) is 13.8 Å². The summed E-state index contributed by atoms with van der Waals surface area (Å²) < 4.78 is 0. The molecule has 0 saturated carbocycles. The van der Waals surface area contributed by atoms with Crippen LogP contribution in [0.3, 0.4) is 0 Å². The summed E-state index contributed by atoms with van der Waals surface area (Å²) in [7, 11) is 0. The number of nitrogens with one attached hydrogen (secondary N) is 1. The fourth-order valence-corrected chi connectivity index (χ4v) is 3.58. The monoisotopic (exact) mass is 362 g/mol. The first-order chi connectivity index (χ1) is 12.5. The number of hydrogen-bond acceptors (Lipinski definition) is 2. The average Bonchev–Trinajstić information content (AvgIpc) is 2.91. The lowest BCUT2D eigenvalue weighted by molar-refractivity contribution is 0.0993. The van der Waals surface area contributed by atoms with E-state index in [1.807, 2.05) is 36.4 Å². The zero-order valence-corrected chi connectivity index (χ0v) is 15.4. The Morgan fingerprint density at radius 2 is 1.69 bits per heavy atom. The van der Waals surface area contributed by atoms with Crippen molar-refractivity contribution in [3.8, 4) is 0 Å². The Morgan fingerprint density at radius 3 is 2.42 bits per heavy atom. The molecule has 3 aromatic carbocycles. The fraction of sp³-hybridized carbons (Fsp3) is 0.136. The molecule has 1 amide bonds. The summed E-state index contributed by atoms with van der Waals surface area (Å²) in [5.74, 6) is -0.00909. The number of hydrogen-bond donors (Lipinski definition) is 1. The van der Waals surface area contributed by atoms with Gasteiger partial charge in [0.05, 0.1) is 0 Å². The molecule has 3 aromatic rings. The number of fused-ring (bicyclic) bond motifs is 1. The molecule has 4 heteroatoms. The smallest absolute Gasteiger partial charge is 0.260 e. The van der Waals surface area contributed by atoms with Crippen LogP contribution in [0.4, 0.5) is 11.4 Å². The lowest BCUT2D eigenvalue weighted by atomic mass is 10.1. The van der Waals surface area contributed by atoms with E-state index in [0.717, 1.165) is 28.1 Å². The first kappa shape index (κ1) is 16.7. The first-order valence-electron chi connectivity index (χ1n) is 8.56. The lowest BCUT2D eigenvalue weighted by Gasteiger charge is -2.28. The standard InChI is InChI=1S/C22H19ClN2O/c1-14-7-12-20(15(2)13-14)24-21-18-5-3-4-6-19(18)22(26)25(21)17-10-8-16(23)9-11-17/h3-13,21,24H,1-2H3/t21-/m0/s1. The zero-order valence-electron chi connectivity index (χ0n) is 14.7. The van der Waals surface area contributed by atoms with Crippen molar-refractivity contribution in [2.24, 2.45) is 0 Å². The van der Waals surface area contributed by atoms with Crippen molar-refractivity contribution in [1.82, 2.24) is 0 Å². The Kier molecular flexibility index (Phi) is 4.17. The van der Waals surface area contributed by atoms with E-state index in [2.05, 4.69) is 37.4 Å². The highest BCUT2D eigenvalue weighted by atomic mass is 35.5. The predicted octanol–water partition coefficient (Wildman–Crippen LogP) is 5.73. The highest BCUT2D eigenvalue weighted by Gasteiger charge is 2.37. The summed E-state index contributed by atoms with van der Waals surface area (Å²) in [6, 6.07) is 21.4. The van der Waals surface area contributed by atoms with E-state index in [1.54, 1.807) is 17.0 Å². The molecule has 0 spiro atoms. The van der Waals surface area contributed by atoms with Crippen LogP contribution in [0.15, 0.2) is 66.7 Å². The van der Waals surface area contributed by atoms with Gasteiger partial charge in [0.25, 0.3) is 5.91 Å². The van der Waals surface area contributed by atoms with Crippen LogP contribution in [0.2, 0.25) is 5.02 Å². The highest BCUT2D eigenvalue weighted by molar-refractivity contribution is 6.30. The van der Waals surface area contributed by atoms with Crippen molar-refractivity contribution >= 4 is 28.9 Å². The summed E-state index contributed by atoms with van der Waals surface area (Å²) in [6.07, 6.45) is -0.263. The Balaban J connectivity index is 1.79. The summed E-state index contributed by atoms with van der Waals surface area (Å²) in [6.45, 7) is 4.15. The van der Waals surface area contributed by atoms with Crippen LogP contribution in [-0.2, 0) is 0 Å². The van der Waals surface area contributed by atoms with E-state index in [4.69, 9.17) is 11.6 Å². The number of aryl methyl sites for hydroxylation is 2. The summed E-state index contributed by atoms with van der Waals surface area (Å²) in [4.78, 5) is 14.9. The molecule has 1 aliphatic heterocycles. The van der Waals surface area contributed by atoms with E-state index in [1.165, 1.54) is 5.56 Å². The van der Waals surface area contributed by atoms with E-state index in [-0.39, 0.29) is 12.1 Å². The van der Waals surface area contributed by atoms with Crippen molar-refractivity contribution in [2.45, 2.75) is 20.0 Å². The van der Waals surface area contributed by atoms with Gasteiger partial charge in [-0.25, -0.2) is 0 Å². The third-order valence-electron chi connectivity index (χ3n) is 4.74. The summed E-state index contributed by atoms with van der Waals surface area (Å²) in [5, 5.41) is 4.21. The van der Waals surface area contributed by atoms with Gasteiger partial charge in [-0.2, -0.15) is 0 Å². The number of amides is 1. The fourth-order valence-electron chi connectivity index (χ4n) is 3.45. The summed E-state index contributed by atoms with van der Waals surface area (Å²) >= 11 is 6.03. The van der Waals surface area contributed by atoms with Gasteiger partial charge in [0.2, 0.25) is 0 Å². The van der Waals surface area contributed by atoms with Crippen LogP contribution < -0.4 is 10.2 Å². The number of anilines is 2. The highest BCUT2D eigenvalue weighted by Crippen LogP contribution is 2.38.